The van der Waals surface area contributed by atoms with Gasteiger partial charge < -0.3 is 10.1 Å². The molecule has 1 heterocycles. The van der Waals surface area contributed by atoms with E-state index < -0.39 is 6.09 Å². The van der Waals surface area contributed by atoms with Gasteiger partial charge in [0.15, 0.2) is 0 Å². The van der Waals surface area contributed by atoms with Crippen molar-refractivity contribution in [2.75, 3.05) is 0 Å². The third-order valence-corrected chi connectivity index (χ3v) is 2.90. The number of fused-ring (bicyclic) bond motifs is 1. The Morgan fingerprint density at radius 2 is 2.05 bits per heavy atom. The van der Waals surface area contributed by atoms with Gasteiger partial charge in [0.2, 0.25) is 0 Å². The van der Waals surface area contributed by atoms with Crippen LogP contribution in [0.3, 0.4) is 0 Å². The third-order valence-electron chi connectivity index (χ3n) is 2.90. The summed E-state index contributed by atoms with van der Waals surface area (Å²) < 4.78 is 5.22. The maximum atomic E-state index is 11.7. The first-order chi connectivity index (χ1) is 9.81. The van der Waals surface area contributed by atoms with Crippen LogP contribution < -0.4 is 10.1 Å². The zero-order valence-corrected chi connectivity index (χ0v) is 10.7. The lowest BCUT2D eigenvalue weighted by molar-refractivity contribution is 0.200. The van der Waals surface area contributed by atoms with Crippen molar-refractivity contribution in [3.63, 3.8) is 0 Å². The van der Waals surface area contributed by atoms with E-state index in [0.29, 0.717) is 12.3 Å². The van der Waals surface area contributed by atoms with Crippen LogP contribution in [0.5, 0.6) is 5.75 Å². The Labute approximate surface area is 115 Å². The van der Waals surface area contributed by atoms with Gasteiger partial charge in [0, 0.05) is 11.9 Å². The number of aromatic nitrogens is 2. The summed E-state index contributed by atoms with van der Waals surface area (Å²) in [5, 5.41) is 10.4. The molecule has 2 N–H and O–H groups in total. The molecule has 5 nitrogen and oxygen atoms in total. The number of carbonyl (C=O) groups excluding carboxylic acids is 1. The van der Waals surface area contributed by atoms with E-state index in [1.54, 1.807) is 18.3 Å². The fraction of sp³-hybridized carbons (Fsp3) is 0.0667. The van der Waals surface area contributed by atoms with Crippen LogP contribution in [0.1, 0.15) is 5.56 Å². The van der Waals surface area contributed by atoms with Crippen molar-refractivity contribution in [3.8, 4) is 5.75 Å². The molecule has 0 saturated heterocycles. The van der Waals surface area contributed by atoms with Crippen LogP contribution in [-0.4, -0.2) is 16.3 Å². The average molecular weight is 267 g/mol. The molecule has 0 radical (unpaired) electrons. The first kappa shape index (κ1) is 12.2. The number of nitrogens with zero attached hydrogens (tertiary/aromatic N) is 1. The summed E-state index contributed by atoms with van der Waals surface area (Å²) in [5.41, 5.74) is 1.93. The molecule has 100 valence electrons. The molecule has 0 spiro atoms. The van der Waals surface area contributed by atoms with Crippen molar-refractivity contribution in [1.82, 2.24) is 15.5 Å². The SMILES string of the molecule is O=C(NCc1ccccc1)Oc1ccc2[nH]ncc2c1. The number of amides is 1. The molecule has 2 aromatic carbocycles. The minimum Gasteiger partial charge on any atom is -0.410 e. The van der Waals surface area contributed by atoms with Crippen LogP contribution in [-0.2, 0) is 6.54 Å². The van der Waals surface area contributed by atoms with E-state index in [1.807, 2.05) is 36.4 Å². The fourth-order valence-electron chi connectivity index (χ4n) is 1.90. The summed E-state index contributed by atoms with van der Waals surface area (Å²) in [5.74, 6) is 0.490. The van der Waals surface area contributed by atoms with Gasteiger partial charge in [-0.1, -0.05) is 30.3 Å². The number of hydrogen-bond donors (Lipinski definition) is 2. The Hall–Kier alpha value is -2.82. The fourth-order valence-corrected chi connectivity index (χ4v) is 1.90. The second-order valence-corrected chi connectivity index (χ2v) is 4.35. The molecule has 0 fully saturated rings. The Morgan fingerprint density at radius 1 is 1.20 bits per heavy atom. The predicted molar refractivity (Wildman–Crippen MR) is 75.4 cm³/mol. The lowest BCUT2D eigenvalue weighted by Gasteiger charge is -2.06. The number of benzene rings is 2. The average Bonchev–Trinajstić information content (AvgIpc) is 2.94. The summed E-state index contributed by atoms with van der Waals surface area (Å²) in [7, 11) is 0. The van der Waals surface area contributed by atoms with Crippen molar-refractivity contribution >= 4 is 17.0 Å². The Morgan fingerprint density at radius 3 is 2.90 bits per heavy atom. The molecule has 1 aromatic heterocycles. The van der Waals surface area contributed by atoms with Gasteiger partial charge in [-0.25, -0.2) is 4.79 Å². The van der Waals surface area contributed by atoms with Gasteiger partial charge in [-0.2, -0.15) is 5.10 Å². The third kappa shape index (κ3) is 2.77. The van der Waals surface area contributed by atoms with Crippen LogP contribution in [0.15, 0.2) is 54.7 Å². The molecule has 1 amide bonds. The molecular weight excluding hydrogens is 254 g/mol. The topological polar surface area (TPSA) is 67.0 Å². The Kier molecular flexibility index (Phi) is 3.33. The Balaban J connectivity index is 1.61. The number of aromatic amines is 1. The number of nitrogens with one attached hydrogen (secondary N) is 2. The first-order valence-corrected chi connectivity index (χ1v) is 6.24. The second-order valence-electron chi connectivity index (χ2n) is 4.35. The van der Waals surface area contributed by atoms with Crippen LogP contribution in [0.2, 0.25) is 0 Å². The largest absolute Gasteiger partial charge is 0.412 e. The lowest BCUT2D eigenvalue weighted by Crippen LogP contribution is -2.26. The van der Waals surface area contributed by atoms with Gasteiger partial charge in [0.05, 0.1) is 11.7 Å². The van der Waals surface area contributed by atoms with Crippen LogP contribution in [0, 0.1) is 0 Å². The molecule has 0 bridgehead atoms. The van der Waals surface area contributed by atoms with E-state index in [0.717, 1.165) is 16.5 Å². The molecule has 0 aliphatic carbocycles. The van der Waals surface area contributed by atoms with Crippen molar-refractivity contribution < 1.29 is 9.53 Å². The summed E-state index contributed by atoms with van der Waals surface area (Å²) in [6.07, 6.45) is 1.21. The molecular formula is C15H13N3O2. The number of hydrogen-bond acceptors (Lipinski definition) is 3. The molecule has 20 heavy (non-hydrogen) atoms. The van der Waals surface area contributed by atoms with E-state index >= 15 is 0 Å². The normalized spacial score (nSPS) is 10.4. The van der Waals surface area contributed by atoms with Crippen molar-refractivity contribution in [2.24, 2.45) is 0 Å². The molecule has 3 rings (SSSR count). The quantitative estimate of drug-likeness (QED) is 0.766. The molecule has 0 aliphatic heterocycles. The molecule has 5 heteroatoms. The highest BCUT2D eigenvalue weighted by molar-refractivity contribution is 5.80. The summed E-state index contributed by atoms with van der Waals surface area (Å²) >= 11 is 0. The number of ether oxygens (including phenoxy) is 1. The summed E-state index contributed by atoms with van der Waals surface area (Å²) in [6, 6.07) is 15.0. The Bertz CT molecular complexity index is 722. The first-order valence-electron chi connectivity index (χ1n) is 6.24. The molecule has 3 aromatic rings. The minimum atomic E-state index is -0.475. The van der Waals surface area contributed by atoms with Gasteiger partial charge in [-0.3, -0.25) is 5.10 Å². The minimum absolute atomic E-state index is 0.438. The number of carbonyl (C=O) groups is 1. The summed E-state index contributed by atoms with van der Waals surface area (Å²) in [4.78, 5) is 11.7. The highest BCUT2D eigenvalue weighted by Crippen LogP contribution is 2.18. The smallest absolute Gasteiger partial charge is 0.410 e. The van der Waals surface area contributed by atoms with Gasteiger partial charge >= 0.3 is 6.09 Å². The van der Waals surface area contributed by atoms with Gasteiger partial charge in [-0.05, 0) is 23.8 Å². The predicted octanol–water partition coefficient (Wildman–Crippen LogP) is 2.85. The van der Waals surface area contributed by atoms with Crippen LogP contribution >= 0.6 is 0 Å². The van der Waals surface area contributed by atoms with Crippen LogP contribution in [0.25, 0.3) is 10.9 Å². The maximum Gasteiger partial charge on any atom is 0.412 e. The van der Waals surface area contributed by atoms with Gasteiger partial charge in [0.25, 0.3) is 0 Å². The highest BCUT2D eigenvalue weighted by atomic mass is 16.6. The van der Waals surface area contributed by atoms with E-state index in [-0.39, 0.29) is 0 Å². The van der Waals surface area contributed by atoms with E-state index in [9.17, 15) is 4.79 Å². The zero-order valence-electron chi connectivity index (χ0n) is 10.7. The standard InChI is InChI=1S/C15H13N3O2/c19-15(16-9-11-4-2-1-3-5-11)20-13-6-7-14-12(8-13)10-17-18-14/h1-8,10H,9H2,(H,16,19)(H,17,18). The lowest BCUT2D eigenvalue weighted by atomic mass is 10.2. The second kappa shape index (κ2) is 5.44. The van der Waals surface area contributed by atoms with Crippen molar-refractivity contribution in [3.05, 3.63) is 60.3 Å². The molecule has 0 atom stereocenters. The van der Waals surface area contributed by atoms with Gasteiger partial charge in [-0.15, -0.1) is 0 Å². The van der Waals surface area contributed by atoms with Crippen molar-refractivity contribution in [1.29, 1.82) is 0 Å². The zero-order chi connectivity index (χ0) is 13.8. The summed E-state index contributed by atoms with van der Waals surface area (Å²) in [6.45, 7) is 0.438. The monoisotopic (exact) mass is 267 g/mol. The van der Waals surface area contributed by atoms with E-state index in [2.05, 4.69) is 15.5 Å². The molecule has 0 aliphatic rings. The number of H-pyrrole nitrogens is 1. The highest BCUT2D eigenvalue weighted by Gasteiger charge is 2.05. The van der Waals surface area contributed by atoms with Gasteiger partial charge in [0.1, 0.15) is 5.75 Å². The maximum absolute atomic E-state index is 11.7. The van der Waals surface area contributed by atoms with Crippen molar-refractivity contribution in [2.45, 2.75) is 6.54 Å². The van der Waals surface area contributed by atoms with E-state index in [1.165, 1.54) is 0 Å². The molecule has 0 unspecified atom stereocenters. The van der Waals surface area contributed by atoms with E-state index in [4.69, 9.17) is 4.74 Å². The number of rotatable bonds is 3. The van der Waals surface area contributed by atoms with Crippen LogP contribution in [0.4, 0.5) is 4.79 Å². The molecule has 0 saturated carbocycles.